The lowest BCUT2D eigenvalue weighted by Gasteiger charge is -2.33. The maximum Gasteiger partial charge on any atom is 0.573 e. The summed E-state index contributed by atoms with van der Waals surface area (Å²) in [5.41, 5.74) is 0.524. The Morgan fingerprint density at radius 1 is 1.07 bits per heavy atom. The van der Waals surface area contributed by atoms with Gasteiger partial charge in [-0.15, -0.1) is 13.2 Å². The third-order valence-electron chi connectivity index (χ3n) is 4.42. The zero-order valence-electron chi connectivity index (χ0n) is 15.2. The number of sulfonamides is 1. The minimum Gasteiger partial charge on any atom is -0.406 e. The molecule has 1 fully saturated rings. The number of hydrogen-bond acceptors (Lipinski definition) is 4. The van der Waals surface area contributed by atoms with Gasteiger partial charge in [0.25, 0.3) is 5.91 Å². The van der Waals surface area contributed by atoms with Gasteiger partial charge in [0.15, 0.2) is 0 Å². The van der Waals surface area contributed by atoms with Crippen molar-refractivity contribution in [1.82, 2.24) is 9.62 Å². The van der Waals surface area contributed by atoms with Crippen LogP contribution >= 0.6 is 0 Å². The number of halogens is 3. The highest BCUT2D eigenvalue weighted by Gasteiger charge is 2.31. The molecule has 1 atom stereocenters. The van der Waals surface area contributed by atoms with Gasteiger partial charge in [-0.3, -0.25) is 4.79 Å². The van der Waals surface area contributed by atoms with E-state index in [1.807, 2.05) is 0 Å². The standard InChI is InChI=1S/C19H19F3N2O4S/c20-19(21,22)28-16-8-10-17(11-9-16)29(26,27)23-15-7-4-12-24(13-15)18(25)14-5-2-1-3-6-14/h1-3,5-6,8-11,15,23H,4,7,12-13H2. The summed E-state index contributed by atoms with van der Waals surface area (Å²) in [6, 6.07) is 12.2. The number of nitrogens with zero attached hydrogens (tertiary/aromatic N) is 1. The first-order chi connectivity index (χ1) is 13.6. The van der Waals surface area contributed by atoms with Crippen molar-refractivity contribution in [2.24, 2.45) is 0 Å². The van der Waals surface area contributed by atoms with Crippen molar-refractivity contribution in [3.8, 4) is 5.75 Å². The summed E-state index contributed by atoms with van der Waals surface area (Å²) >= 11 is 0. The average Bonchev–Trinajstić information content (AvgIpc) is 2.67. The molecular formula is C19H19F3N2O4S. The predicted octanol–water partition coefficient (Wildman–Crippen LogP) is 3.17. The Hall–Kier alpha value is -2.59. The lowest BCUT2D eigenvalue weighted by molar-refractivity contribution is -0.274. The van der Waals surface area contributed by atoms with E-state index in [0.29, 0.717) is 24.9 Å². The molecule has 1 amide bonds. The molecule has 6 nitrogen and oxygen atoms in total. The Labute approximate surface area is 166 Å². The number of piperidine rings is 1. The van der Waals surface area contributed by atoms with Crippen molar-refractivity contribution in [2.75, 3.05) is 13.1 Å². The average molecular weight is 428 g/mol. The molecule has 0 spiro atoms. The predicted molar refractivity (Wildman–Crippen MR) is 98.8 cm³/mol. The van der Waals surface area contributed by atoms with E-state index in [0.717, 1.165) is 24.3 Å². The van der Waals surface area contributed by atoms with Gasteiger partial charge in [-0.25, -0.2) is 13.1 Å². The van der Waals surface area contributed by atoms with Crippen LogP contribution in [0.15, 0.2) is 59.5 Å². The number of benzene rings is 2. The first-order valence-corrected chi connectivity index (χ1v) is 10.3. The molecule has 1 unspecified atom stereocenters. The minimum atomic E-state index is -4.85. The van der Waals surface area contributed by atoms with Gasteiger partial charge in [0.2, 0.25) is 10.0 Å². The van der Waals surface area contributed by atoms with E-state index in [-0.39, 0.29) is 17.3 Å². The summed E-state index contributed by atoms with van der Waals surface area (Å²) in [5, 5.41) is 0. The number of alkyl halides is 3. The molecule has 1 aliphatic heterocycles. The number of ether oxygens (including phenoxy) is 1. The molecule has 0 aromatic heterocycles. The van der Waals surface area contributed by atoms with Crippen molar-refractivity contribution in [3.05, 3.63) is 60.2 Å². The van der Waals surface area contributed by atoms with E-state index in [9.17, 15) is 26.4 Å². The Balaban J connectivity index is 1.66. The first-order valence-electron chi connectivity index (χ1n) is 8.86. The molecule has 1 N–H and O–H groups in total. The molecule has 0 saturated carbocycles. The fourth-order valence-corrected chi connectivity index (χ4v) is 4.39. The lowest BCUT2D eigenvalue weighted by atomic mass is 10.1. The Morgan fingerprint density at radius 2 is 1.72 bits per heavy atom. The molecule has 0 aliphatic carbocycles. The highest BCUT2D eigenvalue weighted by molar-refractivity contribution is 7.89. The van der Waals surface area contributed by atoms with Crippen LogP contribution in [0.2, 0.25) is 0 Å². The first kappa shape index (κ1) is 21.1. The van der Waals surface area contributed by atoms with E-state index in [1.165, 1.54) is 0 Å². The van der Waals surface area contributed by atoms with Crippen LogP contribution in [-0.2, 0) is 10.0 Å². The Kier molecular flexibility index (Phi) is 6.13. The third kappa shape index (κ3) is 5.70. The summed E-state index contributed by atoms with van der Waals surface area (Å²) in [4.78, 5) is 14.0. The van der Waals surface area contributed by atoms with Gasteiger partial charge in [-0.1, -0.05) is 18.2 Å². The fourth-order valence-electron chi connectivity index (χ4n) is 3.13. The number of likely N-dealkylation sites (tertiary alicyclic amines) is 1. The maximum absolute atomic E-state index is 12.6. The van der Waals surface area contributed by atoms with Crippen molar-refractivity contribution >= 4 is 15.9 Å². The summed E-state index contributed by atoms with van der Waals surface area (Å²) in [7, 11) is -3.96. The molecule has 10 heteroatoms. The van der Waals surface area contributed by atoms with Crippen molar-refractivity contribution in [2.45, 2.75) is 30.1 Å². The van der Waals surface area contributed by atoms with Gasteiger partial charge < -0.3 is 9.64 Å². The summed E-state index contributed by atoms with van der Waals surface area (Å²) in [6.07, 6.45) is -3.67. The van der Waals surface area contributed by atoms with E-state index in [4.69, 9.17) is 0 Å². The molecule has 1 heterocycles. The van der Waals surface area contributed by atoms with Gasteiger partial charge >= 0.3 is 6.36 Å². The number of rotatable bonds is 5. The van der Waals surface area contributed by atoms with Gasteiger partial charge in [0.1, 0.15) is 5.75 Å². The zero-order valence-corrected chi connectivity index (χ0v) is 16.0. The second kappa shape index (κ2) is 8.42. The van der Waals surface area contributed by atoms with E-state index in [1.54, 1.807) is 35.2 Å². The normalized spacial score (nSPS) is 17.8. The van der Waals surface area contributed by atoms with E-state index in [2.05, 4.69) is 9.46 Å². The Bertz CT molecular complexity index is 948. The van der Waals surface area contributed by atoms with Gasteiger partial charge in [0, 0.05) is 24.7 Å². The van der Waals surface area contributed by atoms with Crippen molar-refractivity contribution < 1.29 is 31.1 Å². The van der Waals surface area contributed by atoms with Crippen molar-refractivity contribution in [3.63, 3.8) is 0 Å². The molecule has 0 radical (unpaired) electrons. The molecule has 29 heavy (non-hydrogen) atoms. The summed E-state index contributed by atoms with van der Waals surface area (Å²) in [6.45, 7) is 0.734. The van der Waals surface area contributed by atoms with Gasteiger partial charge in [-0.2, -0.15) is 0 Å². The second-order valence-electron chi connectivity index (χ2n) is 6.60. The summed E-state index contributed by atoms with van der Waals surface area (Å²) in [5.74, 6) is -0.683. The molecule has 2 aromatic rings. The molecule has 1 saturated heterocycles. The highest BCUT2D eigenvalue weighted by Crippen LogP contribution is 2.24. The quantitative estimate of drug-likeness (QED) is 0.794. The maximum atomic E-state index is 12.6. The van der Waals surface area contributed by atoms with Crippen molar-refractivity contribution in [1.29, 1.82) is 0 Å². The molecular weight excluding hydrogens is 409 g/mol. The van der Waals surface area contributed by atoms with Crippen LogP contribution in [0, 0.1) is 0 Å². The summed E-state index contributed by atoms with van der Waals surface area (Å²) < 4.78 is 68.1. The van der Waals surface area contributed by atoms with Crippen LogP contribution in [0.5, 0.6) is 5.75 Å². The number of carbonyl (C=O) groups is 1. The van der Waals surface area contributed by atoms with Gasteiger partial charge in [0.05, 0.1) is 4.90 Å². The molecule has 156 valence electrons. The zero-order chi connectivity index (χ0) is 21.1. The van der Waals surface area contributed by atoms with Gasteiger partial charge in [-0.05, 0) is 49.2 Å². The van der Waals surface area contributed by atoms with Crippen LogP contribution in [-0.4, -0.2) is 44.7 Å². The lowest BCUT2D eigenvalue weighted by Crippen LogP contribution is -2.49. The van der Waals surface area contributed by atoms with Crippen LogP contribution in [0.3, 0.4) is 0 Å². The van der Waals surface area contributed by atoms with E-state index < -0.39 is 28.2 Å². The number of nitrogens with one attached hydrogen (secondary N) is 1. The Morgan fingerprint density at radius 3 is 2.34 bits per heavy atom. The largest absolute Gasteiger partial charge is 0.573 e. The van der Waals surface area contributed by atoms with Crippen LogP contribution < -0.4 is 9.46 Å². The topological polar surface area (TPSA) is 75.7 Å². The number of hydrogen-bond donors (Lipinski definition) is 1. The highest BCUT2D eigenvalue weighted by atomic mass is 32.2. The van der Waals surface area contributed by atoms with Crippen LogP contribution in [0.4, 0.5) is 13.2 Å². The van der Waals surface area contributed by atoms with E-state index >= 15 is 0 Å². The molecule has 3 rings (SSSR count). The number of amides is 1. The smallest absolute Gasteiger partial charge is 0.406 e. The fraction of sp³-hybridized carbons (Fsp3) is 0.316. The monoisotopic (exact) mass is 428 g/mol. The third-order valence-corrected chi connectivity index (χ3v) is 5.96. The SMILES string of the molecule is O=C(c1ccccc1)N1CCCC(NS(=O)(=O)c2ccc(OC(F)(F)F)cc2)C1. The van der Waals surface area contributed by atoms with Crippen LogP contribution in [0.1, 0.15) is 23.2 Å². The minimum absolute atomic E-state index is 0.178. The second-order valence-corrected chi connectivity index (χ2v) is 8.31. The number of carbonyl (C=O) groups excluding carboxylic acids is 1. The molecule has 1 aliphatic rings. The molecule has 2 aromatic carbocycles. The molecule has 0 bridgehead atoms. The van der Waals surface area contributed by atoms with Crippen LogP contribution in [0.25, 0.3) is 0 Å².